The normalized spacial score (nSPS) is 48.3. The molecule has 0 aromatic heterocycles. The number of methoxy groups -OCH3 is 4. The van der Waals surface area contributed by atoms with Gasteiger partial charge in [0.1, 0.15) is 35.6 Å². The second-order valence-corrected chi connectivity index (χ2v) is 14.8. The molecule has 48 heavy (non-hydrogen) atoms. The van der Waals surface area contributed by atoms with Gasteiger partial charge in [0.15, 0.2) is 0 Å². The van der Waals surface area contributed by atoms with Gasteiger partial charge in [0.05, 0.1) is 24.4 Å². The van der Waals surface area contributed by atoms with E-state index in [1.54, 1.807) is 45.6 Å². The third-order valence-corrected chi connectivity index (χ3v) is 13.5. The van der Waals surface area contributed by atoms with E-state index in [-0.39, 0.29) is 36.9 Å². The number of ether oxygens (including phenoxy) is 7. The van der Waals surface area contributed by atoms with Gasteiger partial charge in [0.2, 0.25) is 0 Å². The van der Waals surface area contributed by atoms with Crippen molar-refractivity contribution in [2.24, 2.45) is 34.5 Å². The van der Waals surface area contributed by atoms with Gasteiger partial charge in [-0.15, -0.1) is 0 Å². The Morgan fingerprint density at radius 1 is 0.958 bits per heavy atom. The van der Waals surface area contributed by atoms with E-state index in [0.29, 0.717) is 31.7 Å². The highest BCUT2D eigenvalue weighted by Crippen LogP contribution is 2.80. The lowest BCUT2D eigenvalue weighted by Gasteiger charge is -2.70. The number of aliphatic hydroxyl groups excluding tert-OH is 1. The summed E-state index contributed by atoms with van der Waals surface area (Å²) >= 11 is 0. The van der Waals surface area contributed by atoms with Crippen LogP contribution in [0.25, 0.3) is 0 Å². The number of fused-ring (bicyclic) bond motifs is 2. The summed E-state index contributed by atoms with van der Waals surface area (Å²) in [5.74, 6) is -2.72. The van der Waals surface area contributed by atoms with E-state index in [1.807, 2.05) is 13.0 Å². The minimum atomic E-state index is -1.74. The fourth-order valence-corrected chi connectivity index (χ4v) is 12.7. The number of carbonyl (C=O) groups is 2. The van der Waals surface area contributed by atoms with Crippen LogP contribution in [0.3, 0.4) is 0 Å². The minimum Gasteiger partial charge on any atom is -0.462 e. The predicted molar refractivity (Wildman–Crippen MR) is 170 cm³/mol. The third kappa shape index (κ3) is 4.00. The van der Waals surface area contributed by atoms with Crippen molar-refractivity contribution < 1.29 is 53.0 Å². The molecule has 1 aliphatic heterocycles. The number of esters is 2. The molecule has 6 aliphatic rings. The molecular weight excluding hydrogens is 622 g/mol. The third-order valence-electron chi connectivity index (χ3n) is 13.5. The van der Waals surface area contributed by atoms with Crippen molar-refractivity contribution in [3.05, 3.63) is 35.9 Å². The molecule has 1 aromatic rings. The van der Waals surface area contributed by atoms with Gasteiger partial charge < -0.3 is 43.4 Å². The first-order chi connectivity index (χ1) is 23.0. The summed E-state index contributed by atoms with van der Waals surface area (Å²) in [6, 6.07) is 8.51. The van der Waals surface area contributed by atoms with Crippen LogP contribution < -0.4 is 0 Å². The lowest BCUT2D eigenvalue weighted by molar-refractivity contribution is -0.330. The maximum absolute atomic E-state index is 13.8. The standard InChI is InChI=1S/C36H51NO11/c1-8-37-17-33(18-42-4)22(47-19(3)38)15-23(43-5)35-21-16-34(41)30(48-32(40)20-13-11-10-12-14-20)24(21)36(46-9-2,29(39)31(34)45-7)25(28(35)37)26(44-6)27(33)35/h10-14,21-31,39,41H,8-9,15-18H2,1-7H3/t21-,22-,23+,24-,25?,26+,27-,28?,29+,30+,31+,33+,34-,35?,36-/m1/s1. The van der Waals surface area contributed by atoms with Gasteiger partial charge >= 0.3 is 11.9 Å². The van der Waals surface area contributed by atoms with Crippen molar-refractivity contribution in [2.75, 3.05) is 54.7 Å². The number of hydrogen-bond acceptors (Lipinski definition) is 12. The van der Waals surface area contributed by atoms with E-state index in [2.05, 4.69) is 11.8 Å². The maximum Gasteiger partial charge on any atom is 0.338 e. The van der Waals surface area contributed by atoms with Gasteiger partial charge in [-0.25, -0.2) is 4.79 Å². The summed E-state index contributed by atoms with van der Waals surface area (Å²) in [5.41, 5.74) is -4.14. The van der Waals surface area contributed by atoms with Crippen LogP contribution in [-0.4, -0.2) is 136 Å². The first kappa shape index (κ1) is 34.3. The Balaban J connectivity index is 1.51. The molecule has 2 N–H and O–H groups in total. The summed E-state index contributed by atoms with van der Waals surface area (Å²) in [6.45, 7) is 7.20. The quantitative estimate of drug-likeness (QED) is 0.330. The molecule has 266 valence electrons. The number of carbonyl (C=O) groups excluding carboxylic acids is 2. The van der Waals surface area contributed by atoms with E-state index in [1.165, 1.54) is 14.0 Å². The smallest absolute Gasteiger partial charge is 0.338 e. The fraction of sp³-hybridized carbons (Fsp3) is 0.778. The van der Waals surface area contributed by atoms with Crippen LogP contribution in [0.4, 0.5) is 0 Å². The average Bonchev–Trinajstić information content (AvgIpc) is 3.44. The number of rotatable bonds is 11. The average molecular weight is 674 g/mol. The van der Waals surface area contributed by atoms with E-state index in [4.69, 9.17) is 33.2 Å². The zero-order chi connectivity index (χ0) is 34.4. The number of benzene rings is 1. The molecular formula is C36H51NO11. The van der Waals surface area contributed by atoms with Gasteiger partial charge in [-0.3, -0.25) is 9.69 Å². The van der Waals surface area contributed by atoms with E-state index in [0.717, 1.165) is 0 Å². The van der Waals surface area contributed by atoms with Gasteiger partial charge in [-0.1, -0.05) is 25.1 Å². The summed E-state index contributed by atoms with van der Waals surface area (Å²) < 4.78 is 44.7. The molecule has 1 saturated heterocycles. The molecule has 12 nitrogen and oxygen atoms in total. The largest absolute Gasteiger partial charge is 0.462 e. The summed E-state index contributed by atoms with van der Waals surface area (Å²) in [7, 11) is 6.51. The van der Waals surface area contributed by atoms with Crippen molar-refractivity contribution in [1.29, 1.82) is 0 Å². The molecule has 1 heterocycles. The second kappa shape index (κ2) is 12.0. The zero-order valence-corrected chi connectivity index (χ0v) is 29.0. The van der Waals surface area contributed by atoms with E-state index < -0.39 is 76.5 Å². The summed E-state index contributed by atoms with van der Waals surface area (Å²) in [5, 5.41) is 25.5. The Labute approximate surface area is 282 Å². The Hall–Kier alpha value is -2.16. The Morgan fingerprint density at radius 2 is 1.69 bits per heavy atom. The second-order valence-electron chi connectivity index (χ2n) is 14.8. The Kier molecular flexibility index (Phi) is 8.55. The molecule has 3 unspecified atom stereocenters. The van der Waals surface area contributed by atoms with Crippen LogP contribution in [0.2, 0.25) is 0 Å². The molecule has 1 aromatic carbocycles. The first-order valence-electron chi connectivity index (χ1n) is 17.3. The van der Waals surface area contributed by atoms with E-state index >= 15 is 0 Å². The fourth-order valence-electron chi connectivity index (χ4n) is 12.7. The molecule has 0 radical (unpaired) electrons. The van der Waals surface area contributed by atoms with Crippen LogP contribution in [-0.2, 0) is 38.0 Å². The van der Waals surface area contributed by atoms with Crippen LogP contribution in [0.5, 0.6) is 0 Å². The van der Waals surface area contributed by atoms with Gasteiger partial charge in [-0.05, 0) is 37.9 Å². The minimum absolute atomic E-state index is 0.170. The molecule has 7 rings (SSSR count). The molecule has 12 heteroatoms. The van der Waals surface area contributed by atoms with Crippen LogP contribution in [0, 0.1) is 34.5 Å². The molecule has 1 spiro atoms. The molecule has 0 amide bonds. The highest BCUT2D eigenvalue weighted by atomic mass is 16.6. The van der Waals surface area contributed by atoms with Gasteiger partial charge in [0.25, 0.3) is 0 Å². The molecule has 5 aliphatic carbocycles. The number of nitrogens with zero attached hydrogens (tertiary/aromatic N) is 1. The lowest BCUT2D eigenvalue weighted by Crippen LogP contribution is -2.81. The van der Waals surface area contributed by atoms with Crippen molar-refractivity contribution in [3.63, 3.8) is 0 Å². The number of likely N-dealkylation sites (tertiary alicyclic amines) is 1. The Bertz CT molecular complexity index is 1400. The van der Waals surface area contributed by atoms with E-state index in [9.17, 15) is 19.8 Å². The first-order valence-corrected chi connectivity index (χ1v) is 17.3. The zero-order valence-electron chi connectivity index (χ0n) is 29.0. The predicted octanol–water partition coefficient (Wildman–Crippen LogP) is 1.69. The Morgan fingerprint density at radius 3 is 2.27 bits per heavy atom. The number of piperidine rings is 1. The molecule has 5 saturated carbocycles. The number of hydrogen-bond donors (Lipinski definition) is 2. The highest BCUT2D eigenvalue weighted by Gasteiger charge is 2.91. The van der Waals surface area contributed by atoms with Crippen molar-refractivity contribution in [3.8, 4) is 0 Å². The summed E-state index contributed by atoms with van der Waals surface area (Å²) in [6.07, 6.45) is -4.37. The molecule has 15 atom stereocenters. The molecule has 6 fully saturated rings. The van der Waals surface area contributed by atoms with Crippen LogP contribution >= 0.6 is 0 Å². The van der Waals surface area contributed by atoms with Gasteiger partial charge in [-0.2, -0.15) is 0 Å². The number of aliphatic hydroxyl groups is 2. The SMILES string of the molecule is CCO[C@@]12C3C4N(CC)C[C@]5(COC)[C@H](OC(C)=O)C[C@H](OC)C4([C@@H]4C[C@@](O)([C@@H](OC(=O)c6ccccc6)[C@@H]41)[C@@H](OC)[C@@H]2O)[C@@H]5[C@H]3OC. The van der Waals surface area contributed by atoms with Gasteiger partial charge in [0, 0.05) is 89.6 Å². The van der Waals surface area contributed by atoms with Crippen LogP contribution in [0.1, 0.15) is 44.0 Å². The highest BCUT2D eigenvalue weighted by molar-refractivity contribution is 5.89. The monoisotopic (exact) mass is 673 g/mol. The topological polar surface area (TPSA) is 142 Å². The maximum atomic E-state index is 13.8. The van der Waals surface area contributed by atoms with Crippen molar-refractivity contribution >= 4 is 11.9 Å². The van der Waals surface area contributed by atoms with Crippen molar-refractivity contribution in [1.82, 2.24) is 4.90 Å². The molecule has 7 bridgehead atoms. The lowest BCUT2D eigenvalue weighted by atomic mass is 9.42. The van der Waals surface area contributed by atoms with Crippen LogP contribution in [0.15, 0.2) is 30.3 Å². The van der Waals surface area contributed by atoms with Crippen molar-refractivity contribution in [2.45, 2.75) is 87.5 Å². The summed E-state index contributed by atoms with van der Waals surface area (Å²) in [4.78, 5) is 28.9.